The molecule has 1 amide bonds. The number of aryl methyl sites for hydroxylation is 2. The molecule has 2 heterocycles. The summed E-state index contributed by atoms with van der Waals surface area (Å²) in [7, 11) is 0. The number of halogens is 2. The van der Waals surface area contributed by atoms with Crippen molar-refractivity contribution in [1.29, 1.82) is 0 Å². The van der Waals surface area contributed by atoms with Crippen molar-refractivity contribution in [3.63, 3.8) is 0 Å². The lowest BCUT2D eigenvalue weighted by Crippen LogP contribution is -2.27. The van der Waals surface area contributed by atoms with Crippen LogP contribution in [0.15, 0.2) is 23.0 Å². The smallest absolute Gasteiger partial charge is 0.287 e. The van der Waals surface area contributed by atoms with Crippen LogP contribution in [0.1, 0.15) is 33.0 Å². The molecule has 4 rings (SSSR count). The molecule has 128 valence electrons. The minimum atomic E-state index is -0.979. The standard InChI is InChI=1S/C17H13F2N3O2S/c18-10-5-4-8(6-11(10)19)7-20-16(24)14-21-15(23)13-9-2-1-3-12(9)25-17(13)22-14/h4-6H,1-3,7H2,(H,20,24)(H,21,22,23). The van der Waals surface area contributed by atoms with Gasteiger partial charge in [-0.15, -0.1) is 11.3 Å². The van der Waals surface area contributed by atoms with E-state index < -0.39 is 17.5 Å². The van der Waals surface area contributed by atoms with Gasteiger partial charge in [-0.3, -0.25) is 9.59 Å². The Kier molecular flexibility index (Phi) is 3.84. The van der Waals surface area contributed by atoms with E-state index in [9.17, 15) is 18.4 Å². The first-order valence-corrected chi connectivity index (χ1v) is 8.61. The molecular formula is C17H13F2N3O2S. The second kappa shape index (κ2) is 6.03. The third-order valence-electron chi connectivity index (χ3n) is 4.23. The van der Waals surface area contributed by atoms with Crippen LogP contribution in [0, 0.1) is 11.6 Å². The summed E-state index contributed by atoms with van der Waals surface area (Å²) in [5, 5.41) is 3.13. The number of nitrogens with zero attached hydrogens (tertiary/aromatic N) is 1. The summed E-state index contributed by atoms with van der Waals surface area (Å²) < 4.78 is 26.1. The molecule has 0 spiro atoms. The van der Waals surface area contributed by atoms with Crippen LogP contribution in [0.2, 0.25) is 0 Å². The summed E-state index contributed by atoms with van der Waals surface area (Å²) in [6.45, 7) is -0.00127. The quantitative estimate of drug-likeness (QED) is 0.753. The summed E-state index contributed by atoms with van der Waals surface area (Å²) in [5.41, 5.74) is 1.13. The number of aromatic nitrogens is 2. The Morgan fingerprint density at radius 1 is 1.28 bits per heavy atom. The first-order chi connectivity index (χ1) is 12.0. The SMILES string of the molecule is O=C(NCc1ccc(F)c(F)c1)c1nc2sc3c(c2c(=O)[nH]1)CCC3. The number of carbonyl (C=O) groups excluding carboxylic acids is 1. The summed E-state index contributed by atoms with van der Waals surface area (Å²) in [6.07, 6.45) is 2.84. The Morgan fingerprint density at radius 3 is 2.92 bits per heavy atom. The van der Waals surface area contributed by atoms with E-state index in [1.165, 1.54) is 17.4 Å². The molecule has 25 heavy (non-hydrogen) atoms. The highest BCUT2D eigenvalue weighted by molar-refractivity contribution is 7.18. The van der Waals surface area contributed by atoms with Crippen molar-refractivity contribution in [2.75, 3.05) is 0 Å². The van der Waals surface area contributed by atoms with Crippen molar-refractivity contribution in [3.8, 4) is 0 Å². The third kappa shape index (κ3) is 2.82. The minimum absolute atomic E-state index is 0.00127. The monoisotopic (exact) mass is 361 g/mol. The molecular weight excluding hydrogens is 348 g/mol. The summed E-state index contributed by atoms with van der Waals surface area (Å²) in [6, 6.07) is 3.39. The molecule has 0 radical (unpaired) electrons. The van der Waals surface area contributed by atoms with Crippen molar-refractivity contribution in [2.24, 2.45) is 0 Å². The first kappa shape index (κ1) is 15.9. The molecule has 1 aliphatic rings. The maximum Gasteiger partial charge on any atom is 0.287 e. The lowest BCUT2D eigenvalue weighted by Gasteiger charge is -2.05. The third-order valence-corrected chi connectivity index (χ3v) is 5.41. The molecule has 0 saturated heterocycles. The van der Waals surface area contributed by atoms with Gasteiger partial charge in [-0.2, -0.15) is 0 Å². The van der Waals surface area contributed by atoms with Gasteiger partial charge < -0.3 is 10.3 Å². The molecule has 8 heteroatoms. The Balaban J connectivity index is 1.58. The molecule has 0 atom stereocenters. The molecule has 5 nitrogen and oxygen atoms in total. The van der Waals surface area contributed by atoms with Gasteiger partial charge >= 0.3 is 0 Å². The summed E-state index contributed by atoms with van der Waals surface area (Å²) >= 11 is 1.45. The normalized spacial score (nSPS) is 13.2. The van der Waals surface area contributed by atoms with Gasteiger partial charge in [0.1, 0.15) is 4.83 Å². The van der Waals surface area contributed by atoms with Crippen LogP contribution in [0.25, 0.3) is 10.2 Å². The number of aromatic amines is 1. The van der Waals surface area contributed by atoms with Crippen LogP contribution in [0.4, 0.5) is 8.78 Å². The Hall–Kier alpha value is -2.61. The predicted octanol–water partition coefficient (Wildman–Crippen LogP) is 2.68. The first-order valence-electron chi connectivity index (χ1n) is 7.79. The zero-order chi connectivity index (χ0) is 17.6. The number of nitrogens with one attached hydrogen (secondary N) is 2. The van der Waals surface area contributed by atoms with E-state index >= 15 is 0 Å². The molecule has 2 N–H and O–H groups in total. The average molecular weight is 361 g/mol. The second-order valence-electron chi connectivity index (χ2n) is 5.88. The van der Waals surface area contributed by atoms with E-state index in [4.69, 9.17) is 0 Å². The van der Waals surface area contributed by atoms with Crippen molar-refractivity contribution < 1.29 is 13.6 Å². The van der Waals surface area contributed by atoms with E-state index in [2.05, 4.69) is 15.3 Å². The van der Waals surface area contributed by atoms with Crippen molar-refractivity contribution in [2.45, 2.75) is 25.8 Å². The number of fused-ring (bicyclic) bond motifs is 3. The highest BCUT2D eigenvalue weighted by Gasteiger charge is 2.22. The second-order valence-corrected chi connectivity index (χ2v) is 6.97. The highest BCUT2D eigenvalue weighted by atomic mass is 32.1. The summed E-state index contributed by atoms with van der Waals surface area (Å²) in [4.78, 5) is 33.1. The van der Waals surface area contributed by atoms with Gasteiger partial charge in [-0.05, 0) is 42.5 Å². The van der Waals surface area contributed by atoms with E-state index in [1.54, 1.807) is 0 Å². The van der Waals surface area contributed by atoms with Crippen molar-refractivity contribution in [1.82, 2.24) is 15.3 Å². The number of benzene rings is 1. The lowest BCUT2D eigenvalue weighted by molar-refractivity contribution is 0.0940. The van der Waals surface area contributed by atoms with Gasteiger partial charge in [0.15, 0.2) is 11.6 Å². The number of thiophene rings is 1. The predicted molar refractivity (Wildman–Crippen MR) is 89.8 cm³/mol. The van der Waals surface area contributed by atoms with E-state index in [-0.39, 0.29) is 17.9 Å². The van der Waals surface area contributed by atoms with Crippen LogP contribution >= 0.6 is 11.3 Å². The number of amides is 1. The Morgan fingerprint density at radius 2 is 2.12 bits per heavy atom. The molecule has 0 aliphatic heterocycles. The van der Waals surface area contributed by atoms with Crippen LogP contribution in [-0.4, -0.2) is 15.9 Å². The molecule has 1 aliphatic carbocycles. The summed E-state index contributed by atoms with van der Waals surface area (Å²) in [5.74, 6) is -2.58. The van der Waals surface area contributed by atoms with E-state index in [1.807, 2.05) is 0 Å². The van der Waals surface area contributed by atoms with Crippen molar-refractivity contribution in [3.05, 3.63) is 62.0 Å². The molecule has 2 aromatic heterocycles. The fraction of sp³-hybridized carbons (Fsp3) is 0.235. The maximum absolute atomic E-state index is 13.2. The van der Waals surface area contributed by atoms with Crippen LogP contribution in [0.5, 0.6) is 0 Å². The molecule has 0 fully saturated rings. The lowest BCUT2D eigenvalue weighted by atomic mass is 10.2. The van der Waals surface area contributed by atoms with Gasteiger partial charge in [0, 0.05) is 11.4 Å². The largest absolute Gasteiger partial charge is 0.345 e. The fourth-order valence-corrected chi connectivity index (χ4v) is 4.29. The van der Waals surface area contributed by atoms with Crippen LogP contribution in [0.3, 0.4) is 0 Å². The van der Waals surface area contributed by atoms with Gasteiger partial charge in [0.2, 0.25) is 5.82 Å². The number of carbonyl (C=O) groups is 1. The number of hydrogen-bond acceptors (Lipinski definition) is 4. The molecule has 0 saturated carbocycles. The minimum Gasteiger partial charge on any atom is -0.345 e. The van der Waals surface area contributed by atoms with Gasteiger partial charge in [0.05, 0.1) is 5.39 Å². The Labute approximate surface area is 144 Å². The van der Waals surface area contributed by atoms with E-state index in [0.29, 0.717) is 15.8 Å². The van der Waals surface area contributed by atoms with Gasteiger partial charge in [-0.25, -0.2) is 13.8 Å². The molecule has 1 aromatic carbocycles. The highest BCUT2D eigenvalue weighted by Crippen LogP contribution is 2.34. The van der Waals surface area contributed by atoms with Crippen LogP contribution in [-0.2, 0) is 19.4 Å². The molecule has 0 unspecified atom stereocenters. The fourth-order valence-electron chi connectivity index (χ4n) is 3.03. The topological polar surface area (TPSA) is 74.8 Å². The number of rotatable bonds is 3. The Bertz CT molecular complexity index is 1060. The van der Waals surface area contributed by atoms with Crippen molar-refractivity contribution >= 4 is 27.5 Å². The van der Waals surface area contributed by atoms with Gasteiger partial charge in [-0.1, -0.05) is 6.07 Å². The number of hydrogen-bond donors (Lipinski definition) is 2. The van der Waals surface area contributed by atoms with Gasteiger partial charge in [0.25, 0.3) is 11.5 Å². The maximum atomic E-state index is 13.2. The average Bonchev–Trinajstić information content (AvgIpc) is 3.16. The molecule has 0 bridgehead atoms. The zero-order valence-corrected chi connectivity index (χ0v) is 13.8. The molecule has 3 aromatic rings. The van der Waals surface area contributed by atoms with Crippen LogP contribution < -0.4 is 10.9 Å². The van der Waals surface area contributed by atoms with E-state index in [0.717, 1.165) is 41.8 Å². The number of H-pyrrole nitrogens is 1. The zero-order valence-electron chi connectivity index (χ0n) is 13.0.